The molecule has 1 aromatic carbocycles. The summed E-state index contributed by atoms with van der Waals surface area (Å²) in [6.07, 6.45) is 2.71. The molecule has 1 N–H and O–H groups in total. The normalized spacial score (nSPS) is 9.95. The van der Waals surface area contributed by atoms with Gasteiger partial charge in [0.15, 0.2) is 11.5 Å². The van der Waals surface area contributed by atoms with Crippen molar-refractivity contribution < 1.29 is 14.2 Å². The van der Waals surface area contributed by atoms with Gasteiger partial charge in [0.2, 0.25) is 0 Å². The van der Waals surface area contributed by atoms with E-state index in [1.165, 1.54) is 0 Å². The zero-order chi connectivity index (χ0) is 15.5. The molecule has 0 aliphatic carbocycles. The van der Waals surface area contributed by atoms with Gasteiger partial charge in [-0.15, -0.1) is 12.4 Å². The van der Waals surface area contributed by atoms with Crippen molar-refractivity contribution in [2.75, 3.05) is 33.5 Å². The van der Waals surface area contributed by atoms with Gasteiger partial charge in [-0.1, -0.05) is 12.7 Å². The summed E-state index contributed by atoms with van der Waals surface area (Å²) in [6.45, 7) is 9.38. The number of halogens is 2. The Morgan fingerprint density at radius 3 is 2.77 bits per heavy atom. The van der Waals surface area contributed by atoms with E-state index in [-0.39, 0.29) is 12.4 Å². The molecule has 22 heavy (non-hydrogen) atoms. The maximum atomic E-state index is 5.61. The van der Waals surface area contributed by atoms with Gasteiger partial charge < -0.3 is 19.5 Å². The molecule has 0 aliphatic rings. The summed E-state index contributed by atoms with van der Waals surface area (Å²) in [5.41, 5.74) is 1.14. The van der Waals surface area contributed by atoms with Crippen LogP contribution in [0.5, 0.6) is 11.5 Å². The maximum Gasteiger partial charge on any atom is 0.175 e. The highest BCUT2D eigenvalue weighted by Crippen LogP contribution is 2.36. The van der Waals surface area contributed by atoms with Crippen molar-refractivity contribution in [3.63, 3.8) is 0 Å². The lowest BCUT2D eigenvalue weighted by Crippen LogP contribution is -2.16. The zero-order valence-corrected chi connectivity index (χ0v) is 15.6. The van der Waals surface area contributed by atoms with Crippen molar-refractivity contribution in [1.29, 1.82) is 0 Å². The third kappa shape index (κ3) is 7.49. The van der Waals surface area contributed by atoms with Crippen LogP contribution in [0.4, 0.5) is 0 Å². The molecule has 0 bridgehead atoms. The van der Waals surface area contributed by atoms with E-state index in [4.69, 9.17) is 14.2 Å². The summed E-state index contributed by atoms with van der Waals surface area (Å²) in [6, 6.07) is 4.02. The zero-order valence-electron chi connectivity index (χ0n) is 13.2. The van der Waals surface area contributed by atoms with Gasteiger partial charge in [0.25, 0.3) is 0 Å². The van der Waals surface area contributed by atoms with Crippen LogP contribution < -0.4 is 14.8 Å². The van der Waals surface area contributed by atoms with E-state index in [1.807, 2.05) is 19.1 Å². The fourth-order valence-electron chi connectivity index (χ4n) is 1.83. The Balaban J connectivity index is 0.00000441. The molecule has 0 saturated carbocycles. The second kappa shape index (κ2) is 12.8. The van der Waals surface area contributed by atoms with Crippen LogP contribution in [0.25, 0.3) is 0 Å². The largest absolute Gasteiger partial charge is 0.493 e. The van der Waals surface area contributed by atoms with Gasteiger partial charge in [0, 0.05) is 19.8 Å². The molecule has 0 spiro atoms. The molecule has 0 unspecified atom stereocenters. The van der Waals surface area contributed by atoms with Gasteiger partial charge in [-0.05, 0) is 53.5 Å². The molecule has 0 amide bonds. The smallest absolute Gasteiger partial charge is 0.175 e. The van der Waals surface area contributed by atoms with Gasteiger partial charge >= 0.3 is 0 Å². The van der Waals surface area contributed by atoms with Crippen LogP contribution >= 0.6 is 28.3 Å². The van der Waals surface area contributed by atoms with Crippen molar-refractivity contribution in [2.24, 2.45) is 0 Å². The standard InChI is InChI=1S/C16H24BrNO3.ClH/c1-4-8-21-16-14(17)10-13(11-15(16)19-3)12-18-7-6-9-20-5-2;/h4,10-11,18H,1,5-9,12H2,2-3H3;1H. The summed E-state index contributed by atoms with van der Waals surface area (Å²) in [4.78, 5) is 0. The Kier molecular flexibility index (Phi) is 12.3. The first-order chi connectivity index (χ1) is 10.2. The number of methoxy groups -OCH3 is 1. The van der Waals surface area contributed by atoms with Crippen LogP contribution in [0, 0.1) is 0 Å². The van der Waals surface area contributed by atoms with E-state index in [1.54, 1.807) is 13.2 Å². The monoisotopic (exact) mass is 393 g/mol. The lowest BCUT2D eigenvalue weighted by atomic mass is 10.2. The Hall–Kier alpha value is -0.750. The molecule has 0 heterocycles. The summed E-state index contributed by atoms with van der Waals surface area (Å²) in [5, 5.41) is 3.39. The fourth-order valence-corrected chi connectivity index (χ4v) is 2.44. The molecule has 1 aromatic rings. The lowest BCUT2D eigenvalue weighted by molar-refractivity contribution is 0.144. The molecule has 0 fully saturated rings. The van der Waals surface area contributed by atoms with Crippen LogP contribution in [0.2, 0.25) is 0 Å². The van der Waals surface area contributed by atoms with Crippen molar-refractivity contribution in [1.82, 2.24) is 5.32 Å². The first-order valence-corrected chi connectivity index (χ1v) is 7.90. The summed E-state index contributed by atoms with van der Waals surface area (Å²) in [5.74, 6) is 1.43. The molecule has 0 aromatic heterocycles. The van der Waals surface area contributed by atoms with Gasteiger partial charge in [-0.25, -0.2) is 0 Å². The fraction of sp³-hybridized carbons (Fsp3) is 0.500. The van der Waals surface area contributed by atoms with Crippen LogP contribution in [-0.2, 0) is 11.3 Å². The van der Waals surface area contributed by atoms with Crippen LogP contribution in [0.1, 0.15) is 18.9 Å². The van der Waals surface area contributed by atoms with Gasteiger partial charge in [0.1, 0.15) is 6.61 Å². The van der Waals surface area contributed by atoms with Crippen LogP contribution in [0.3, 0.4) is 0 Å². The average Bonchev–Trinajstić information content (AvgIpc) is 2.49. The highest BCUT2D eigenvalue weighted by molar-refractivity contribution is 9.10. The van der Waals surface area contributed by atoms with E-state index in [9.17, 15) is 0 Å². The average molecular weight is 395 g/mol. The number of benzene rings is 1. The van der Waals surface area contributed by atoms with Crippen LogP contribution in [0.15, 0.2) is 29.3 Å². The summed E-state index contributed by atoms with van der Waals surface area (Å²) < 4.78 is 17.2. The lowest BCUT2D eigenvalue weighted by Gasteiger charge is -2.14. The summed E-state index contributed by atoms with van der Waals surface area (Å²) in [7, 11) is 1.64. The highest BCUT2D eigenvalue weighted by Gasteiger charge is 2.11. The van der Waals surface area contributed by atoms with E-state index in [2.05, 4.69) is 27.8 Å². The molecule has 0 atom stereocenters. The van der Waals surface area contributed by atoms with E-state index < -0.39 is 0 Å². The minimum absolute atomic E-state index is 0. The van der Waals surface area contributed by atoms with Crippen molar-refractivity contribution in [2.45, 2.75) is 19.9 Å². The first-order valence-electron chi connectivity index (χ1n) is 7.11. The van der Waals surface area contributed by atoms with E-state index in [0.717, 1.165) is 48.5 Å². The Morgan fingerprint density at radius 2 is 2.14 bits per heavy atom. The Labute approximate surface area is 147 Å². The van der Waals surface area contributed by atoms with Crippen LogP contribution in [-0.4, -0.2) is 33.5 Å². The van der Waals surface area contributed by atoms with Gasteiger partial charge in [-0.2, -0.15) is 0 Å². The second-order valence-corrected chi connectivity index (χ2v) is 5.29. The highest BCUT2D eigenvalue weighted by atomic mass is 79.9. The van der Waals surface area contributed by atoms with Gasteiger partial charge in [-0.3, -0.25) is 0 Å². The number of nitrogens with one attached hydrogen (secondary N) is 1. The molecular formula is C16H25BrClNO3. The molecule has 0 saturated heterocycles. The number of ether oxygens (including phenoxy) is 3. The third-order valence-electron chi connectivity index (χ3n) is 2.81. The molecule has 1 rings (SSSR count). The van der Waals surface area contributed by atoms with Crippen molar-refractivity contribution in [3.8, 4) is 11.5 Å². The van der Waals surface area contributed by atoms with Gasteiger partial charge in [0.05, 0.1) is 11.6 Å². The van der Waals surface area contributed by atoms with E-state index in [0.29, 0.717) is 12.4 Å². The predicted molar refractivity (Wildman–Crippen MR) is 96.5 cm³/mol. The minimum atomic E-state index is 0. The molecule has 0 radical (unpaired) electrons. The topological polar surface area (TPSA) is 39.7 Å². The van der Waals surface area contributed by atoms with E-state index >= 15 is 0 Å². The number of hydrogen-bond acceptors (Lipinski definition) is 4. The third-order valence-corrected chi connectivity index (χ3v) is 3.40. The minimum Gasteiger partial charge on any atom is -0.493 e. The molecule has 4 nitrogen and oxygen atoms in total. The molecule has 0 aliphatic heterocycles. The molecule has 6 heteroatoms. The second-order valence-electron chi connectivity index (χ2n) is 4.44. The number of rotatable bonds is 11. The first kappa shape index (κ1) is 21.2. The SMILES string of the molecule is C=CCOc1c(Br)cc(CNCCCOCC)cc1OC.Cl. The van der Waals surface area contributed by atoms with Crippen molar-refractivity contribution in [3.05, 3.63) is 34.8 Å². The predicted octanol–water partition coefficient (Wildman–Crippen LogP) is 3.96. The Morgan fingerprint density at radius 1 is 1.36 bits per heavy atom. The maximum absolute atomic E-state index is 5.61. The molecule has 126 valence electrons. The Bertz CT molecular complexity index is 444. The quantitative estimate of drug-likeness (QED) is 0.455. The van der Waals surface area contributed by atoms with Crippen molar-refractivity contribution >= 4 is 28.3 Å². The number of hydrogen-bond donors (Lipinski definition) is 1. The molecular weight excluding hydrogens is 370 g/mol. The summed E-state index contributed by atoms with van der Waals surface area (Å²) >= 11 is 3.53.